The Bertz CT molecular complexity index is 1180. The second-order valence-corrected chi connectivity index (χ2v) is 8.04. The number of hydrogen-bond donors (Lipinski definition) is 0. The summed E-state index contributed by atoms with van der Waals surface area (Å²) in [7, 11) is 1.64. The first-order valence-electron chi connectivity index (χ1n) is 10.0. The lowest BCUT2D eigenvalue weighted by Crippen LogP contribution is -2.47. The minimum absolute atomic E-state index is 0.0516. The number of hydrogen-bond acceptors (Lipinski definition) is 5. The number of benzene rings is 1. The average molecular weight is 405 g/mol. The molecule has 30 heavy (non-hydrogen) atoms. The van der Waals surface area contributed by atoms with Crippen LogP contribution in [0.2, 0.25) is 0 Å². The molecule has 1 spiro atoms. The van der Waals surface area contributed by atoms with Crippen molar-refractivity contribution in [2.24, 2.45) is 7.05 Å². The van der Waals surface area contributed by atoms with Crippen LogP contribution in [-0.4, -0.2) is 48.8 Å². The zero-order chi connectivity index (χ0) is 20.9. The highest BCUT2D eigenvalue weighted by Gasteiger charge is 2.45. The van der Waals surface area contributed by atoms with Gasteiger partial charge in [0.05, 0.1) is 24.3 Å². The van der Waals surface area contributed by atoms with E-state index in [1.807, 2.05) is 48.2 Å². The first-order chi connectivity index (χ1) is 14.5. The number of carbonyl (C=O) groups excluding carboxylic acids is 1. The molecule has 1 unspecified atom stereocenters. The van der Waals surface area contributed by atoms with Gasteiger partial charge in [-0.1, -0.05) is 30.3 Å². The van der Waals surface area contributed by atoms with Crippen LogP contribution in [0.15, 0.2) is 47.4 Å². The second-order valence-electron chi connectivity index (χ2n) is 8.04. The van der Waals surface area contributed by atoms with Gasteiger partial charge in [0, 0.05) is 19.8 Å². The average Bonchev–Trinajstić information content (AvgIpc) is 3.30. The third-order valence-electron chi connectivity index (χ3n) is 6.08. The van der Waals surface area contributed by atoms with Crippen molar-refractivity contribution < 1.29 is 9.53 Å². The molecule has 5 rings (SSSR count). The van der Waals surface area contributed by atoms with E-state index >= 15 is 0 Å². The number of fused-ring (bicyclic) bond motifs is 1. The normalized spacial score (nSPS) is 20.5. The van der Waals surface area contributed by atoms with Crippen molar-refractivity contribution in [2.75, 3.05) is 13.1 Å². The van der Waals surface area contributed by atoms with Crippen molar-refractivity contribution in [2.45, 2.75) is 32.1 Å². The number of amides is 1. The molecular formula is C22H23N5O3. The summed E-state index contributed by atoms with van der Waals surface area (Å²) >= 11 is 0. The fourth-order valence-electron chi connectivity index (χ4n) is 4.49. The molecule has 2 aromatic heterocycles. The number of ether oxygens (including phenoxy) is 1. The molecule has 1 saturated heterocycles. The van der Waals surface area contributed by atoms with Crippen molar-refractivity contribution in [3.8, 4) is 11.1 Å². The summed E-state index contributed by atoms with van der Waals surface area (Å²) in [5.41, 5.74) is 2.49. The second kappa shape index (κ2) is 6.91. The quantitative estimate of drug-likeness (QED) is 0.649. The Labute approximate surface area is 173 Å². The van der Waals surface area contributed by atoms with Gasteiger partial charge in [-0.3, -0.25) is 14.3 Å². The summed E-state index contributed by atoms with van der Waals surface area (Å²) in [6.45, 7) is 3.57. The van der Waals surface area contributed by atoms with Gasteiger partial charge in [0.15, 0.2) is 5.82 Å². The molecule has 1 fully saturated rings. The molecule has 8 nitrogen and oxygen atoms in total. The number of likely N-dealkylation sites (tertiary alicyclic amines) is 1. The third-order valence-corrected chi connectivity index (χ3v) is 6.08. The molecular weight excluding hydrogens is 382 g/mol. The van der Waals surface area contributed by atoms with E-state index in [4.69, 9.17) is 4.74 Å². The van der Waals surface area contributed by atoms with Crippen LogP contribution in [0.4, 0.5) is 0 Å². The lowest BCUT2D eigenvalue weighted by atomic mass is 9.98. The molecule has 1 aromatic carbocycles. The predicted molar refractivity (Wildman–Crippen MR) is 110 cm³/mol. The maximum Gasteiger partial charge on any atom is 0.345 e. The Morgan fingerprint density at radius 2 is 1.97 bits per heavy atom. The number of aryl methyl sites for hydroxylation is 2. The van der Waals surface area contributed by atoms with Crippen molar-refractivity contribution in [1.82, 2.24) is 24.2 Å². The van der Waals surface area contributed by atoms with Crippen LogP contribution in [-0.2, 0) is 24.9 Å². The van der Waals surface area contributed by atoms with E-state index < -0.39 is 5.60 Å². The number of aromatic nitrogens is 4. The first-order valence-corrected chi connectivity index (χ1v) is 10.0. The van der Waals surface area contributed by atoms with Gasteiger partial charge in [0.25, 0.3) is 5.91 Å². The van der Waals surface area contributed by atoms with Gasteiger partial charge in [-0.15, -0.1) is 0 Å². The zero-order valence-electron chi connectivity index (χ0n) is 17.0. The Hall–Kier alpha value is -3.26. The Balaban J connectivity index is 1.44. The van der Waals surface area contributed by atoms with Crippen LogP contribution >= 0.6 is 0 Å². The fraction of sp³-hybridized carbons (Fsp3) is 0.364. The fourth-order valence-corrected chi connectivity index (χ4v) is 4.49. The minimum atomic E-state index is -0.557. The van der Waals surface area contributed by atoms with Gasteiger partial charge in [-0.2, -0.15) is 5.10 Å². The number of nitrogens with zero attached hydrogens (tertiary/aromatic N) is 5. The zero-order valence-corrected chi connectivity index (χ0v) is 17.0. The van der Waals surface area contributed by atoms with E-state index in [0.717, 1.165) is 11.1 Å². The number of rotatable bonds is 2. The van der Waals surface area contributed by atoms with Gasteiger partial charge in [0.2, 0.25) is 0 Å². The molecule has 1 atom stereocenters. The van der Waals surface area contributed by atoms with E-state index in [0.29, 0.717) is 43.1 Å². The summed E-state index contributed by atoms with van der Waals surface area (Å²) in [5, 5.41) is 4.22. The van der Waals surface area contributed by atoms with Crippen molar-refractivity contribution >= 4 is 5.91 Å². The Kier molecular flexibility index (Phi) is 4.32. The first kappa shape index (κ1) is 18.7. The monoisotopic (exact) mass is 405 g/mol. The number of carbonyl (C=O) groups is 1. The molecule has 0 bridgehead atoms. The van der Waals surface area contributed by atoms with Crippen molar-refractivity contribution in [3.63, 3.8) is 0 Å². The summed E-state index contributed by atoms with van der Waals surface area (Å²) in [6, 6.07) is 11.8. The minimum Gasteiger partial charge on any atom is -0.363 e. The van der Waals surface area contributed by atoms with Crippen molar-refractivity contribution in [3.05, 3.63) is 70.2 Å². The molecule has 0 aliphatic carbocycles. The van der Waals surface area contributed by atoms with E-state index in [1.165, 1.54) is 4.68 Å². The van der Waals surface area contributed by atoms with Crippen LogP contribution in [0.25, 0.3) is 11.1 Å². The maximum atomic E-state index is 13.5. The van der Waals surface area contributed by atoms with E-state index in [-0.39, 0.29) is 18.2 Å². The van der Waals surface area contributed by atoms with Crippen LogP contribution < -0.4 is 5.69 Å². The lowest BCUT2D eigenvalue weighted by molar-refractivity contribution is -0.0816. The molecule has 8 heteroatoms. The van der Waals surface area contributed by atoms with Gasteiger partial charge >= 0.3 is 5.69 Å². The molecule has 2 aliphatic heterocycles. The van der Waals surface area contributed by atoms with E-state index in [1.54, 1.807) is 17.8 Å². The van der Waals surface area contributed by atoms with Crippen LogP contribution in [0, 0.1) is 6.92 Å². The highest BCUT2D eigenvalue weighted by molar-refractivity contribution is 6.02. The Morgan fingerprint density at radius 1 is 1.17 bits per heavy atom. The van der Waals surface area contributed by atoms with Gasteiger partial charge < -0.3 is 9.64 Å². The lowest BCUT2D eigenvalue weighted by Gasteiger charge is -2.33. The van der Waals surface area contributed by atoms with Gasteiger partial charge in [-0.25, -0.2) is 9.48 Å². The highest BCUT2D eigenvalue weighted by atomic mass is 16.5. The van der Waals surface area contributed by atoms with Crippen LogP contribution in [0.5, 0.6) is 0 Å². The molecule has 0 saturated carbocycles. The molecule has 4 heterocycles. The topological polar surface area (TPSA) is 82.3 Å². The summed E-state index contributed by atoms with van der Waals surface area (Å²) < 4.78 is 9.14. The van der Waals surface area contributed by atoms with E-state index in [9.17, 15) is 9.59 Å². The predicted octanol–water partition coefficient (Wildman–Crippen LogP) is 1.77. The molecule has 0 radical (unpaired) electrons. The Morgan fingerprint density at radius 3 is 2.77 bits per heavy atom. The van der Waals surface area contributed by atoms with Crippen LogP contribution in [0.3, 0.4) is 0 Å². The molecule has 154 valence electrons. The highest BCUT2D eigenvalue weighted by Crippen LogP contribution is 2.34. The largest absolute Gasteiger partial charge is 0.363 e. The van der Waals surface area contributed by atoms with Gasteiger partial charge in [0.1, 0.15) is 12.2 Å². The number of pyridine rings is 1. The van der Waals surface area contributed by atoms with Crippen molar-refractivity contribution in [1.29, 1.82) is 0 Å². The third kappa shape index (κ3) is 2.95. The molecule has 0 N–H and O–H groups in total. The molecule has 3 aromatic rings. The molecule has 2 aliphatic rings. The smallest absolute Gasteiger partial charge is 0.345 e. The SMILES string of the molecule is Cc1nccc(-c2ccccc2)c1C(=O)N1CCC2(C1)Cn1c(nn(C)c1=O)CO2. The van der Waals surface area contributed by atoms with E-state index in [2.05, 4.69) is 10.1 Å². The summed E-state index contributed by atoms with van der Waals surface area (Å²) in [6.07, 6.45) is 2.42. The van der Waals surface area contributed by atoms with Gasteiger partial charge in [-0.05, 0) is 30.5 Å². The molecule has 1 amide bonds. The van der Waals surface area contributed by atoms with Crippen LogP contribution in [0.1, 0.15) is 28.3 Å². The summed E-state index contributed by atoms with van der Waals surface area (Å²) in [4.78, 5) is 32.1. The maximum absolute atomic E-state index is 13.5. The summed E-state index contributed by atoms with van der Waals surface area (Å²) in [5.74, 6) is 0.580. The standard InChI is InChI=1S/C22H23N5O3/c1-15-19(17(8-10-23-15)16-6-4-3-5-7-16)20(28)26-11-9-22(13-26)14-27-18(12-30-22)24-25(2)21(27)29/h3-8,10H,9,11-14H2,1-2H3.